The van der Waals surface area contributed by atoms with Gasteiger partial charge in [-0.2, -0.15) is 13.2 Å². The molecular weight excluding hydrogens is 415 g/mol. The van der Waals surface area contributed by atoms with Crippen molar-refractivity contribution < 1.29 is 32.2 Å². The molecule has 31 heavy (non-hydrogen) atoms. The molecule has 10 heteroatoms. The highest BCUT2D eigenvalue weighted by atomic mass is 19.4. The Hall–Kier alpha value is -3.30. The van der Waals surface area contributed by atoms with Gasteiger partial charge in [-0.25, -0.2) is 9.78 Å². The number of hydrogen-bond acceptors (Lipinski definition) is 5. The normalized spacial score (nSPS) is 17.9. The summed E-state index contributed by atoms with van der Waals surface area (Å²) in [6.45, 7) is 0.259. The Bertz CT molecular complexity index is 887. The van der Waals surface area contributed by atoms with E-state index in [0.717, 1.165) is 11.6 Å². The molecule has 0 radical (unpaired) electrons. The van der Waals surface area contributed by atoms with Gasteiger partial charge in [-0.15, -0.1) is 0 Å². The zero-order valence-electron chi connectivity index (χ0n) is 16.5. The molecule has 0 saturated heterocycles. The molecule has 1 heterocycles. The van der Waals surface area contributed by atoms with Crippen molar-refractivity contribution in [1.29, 1.82) is 0 Å². The molecule has 0 spiro atoms. The second kappa shape index (κ2) is 10.1. The highest BCUT2D eigenvalue weighted by Crippen LogP contribution is 2.29. The number of nitrogens with zero attached hydrogens (tertiary/aromatic N) is 1. The highest BCUT2D eigenvalue weighted by molar-refractivity contribution is 5.76. The van der Waals surface area contributed by atoms with Gasteiger partial charge in [0.25, 0.3) is 0 Å². The van der Waals surface area contributed by atoms with Gasteiger partial charge in [0.2, 0.25) is 5.88 Å². The second-order valence-corrected chi connectivity index (χ2v) is 7.07. The number of aromatic nitrogens is 1. The number of amides is 2. The van der Waals surface area contributed by atoms with Crippen LogP contribution in [-0.2, 0) is 22.3 Å². The lowest BCUT2D eigenvalue weighted by Crippen LogP contribution is -2.50. The molecule has 0 aliphatic heterocycles. The summed E-state index contributed by atoms with van der Waals surface area (Å²) in [5.74, 6) is -0.707. The van der Waals surface area contributed by atoms with Crippen LogP contribution in [0.25, 0.3) is 0 Å². The summed E-state index contributed by atoms with van der Waals surface area (Å²) in [6.07, 6.45) is -3.57. The minimum absolute atomic E-state index is 0.0408. The lowest BCUT2D eigenvalue weighted by molar-refractivity contribution is -0.153. The predicted molar refractivity (Wildman–Crippen MR) is 104 cm³/mol. The van der Waals surface area contributed by atoms with E-state index in [1.807, 2.05) is 30.3 Å². The van der Waals surface area contributed by atoms with Crippen molar-refractivity contribution in [2.24, 2.45) is 5.92 Å². The quantitative estimate of drug-likeness (QED) is 0.489. The summed E-state index contributed by atoms with van der Waals surface area (Å²) in [4.78, 5) is 27.3. The third-order valence-electron chi connectivity index (χ3n) is 4.68. The third kappa shape index (κ3) is 6.87. The van der Waals surface area contributed by atoms with Gasteiger partial charge in [-0.05, 0) is 24.5 Å². The molecule has 166 valence electrons. The smallest absolute Gasteiger partial charge is 0.433 e. The average molecular weight is 437 g/mol. The lowest BCUT2D eigenvalue weighted by atomic mass is 9.80. The topological polar surface area (TPSA) is 89.5 Å². The second-order valence-electron chi connectivity index (χ2n) is 7.07. The first kappa shape index (κ1) is 22.4. The van der Waals surface area contributed by atoms with Crippen LogP contribution in [0.5, 0.6) is 5.88 Å². The lowest BCUT2D eigenvalue weighted by Gasteiger charge is -2.34. The summed E-state index contributed by atoms with van der Waals surface area (Å²) in [6, 6.07) is 12.1. The molecule has 3 rings (SSSR count). The number of ether oxygens (including phenoxy) is 2. The zero-order chi connectivity index (χ0) is 22.3. The Morgan fingerprint density at radius 2 is 1.81 bits per heavy atom. The Morgan fingerprint density at radius 3 is 2.52 bits per heavy atom. The molecule has 2 N–H and O–H groups in total. The number of carbonyl (C=O) groups is 2. The van der Waals surface area contributed by atoms with E-state index in [2.05, 4.69) is 15.6 Å². The molecule has 1 aliphatic carbocycles. The molecule has 7 nitrogen and oxygen atoms in total. The van der Waals surface area contributed by atoms with Gasteiger partial charge in [0.1, 0.15) is 18.9 Å². The maximum Gasteiger partial charge on any atom is 0.433 e. The van der Waals surface area contributed by atoms with Crippen molar-refractivity contribution >= 4 is 12.0 Å². The molecule has 0 atom stereocenters. The Morgan fingerprint density at radius 1 is 1.06 bits per heavy atom. The fourth-order valence-corrected chi connectivity index (χ4v) is 2.98. The van der Waals surface area contributed by atoms with Crippen molar-refractivity contribution in [2.45, 2.75) is 31.7 Å². The number of halogens is 3. The van der Waals surface area contributed by atoms with Crippen LogP contribution in [0.4, 0.5) is 18.0 Å². The Balaban J connectivity index is 1.28. The number of carbonyl (C=O) groups excluding carboxylic acids is 2. The summed E-state index contributed by atoms with van der Waals surface area (Å²) < 4.78 is 48.2. The first-order valence-electron chi connectivity index (χ1n) is 9.73. The monoisotopic (exact) mass is 437 g/mol. The minimum Gasteiger partial charge on any atom is -0.476 e. The molecule has 0 unspecified atom stereocenters. The Kier molecular flexibility index (Phi) is 7.32. The number of esters is 1. The number of nitrogens with one attached hydrogen (secondary N) is 2. The molecule has 1 fully saturated rings. The SMILES string of the molecule is O=C(NCCOc1cccc(C(F)(F)F)n1)NC1CC(C(=O)OCc2ccccc2)C1. The number of rotatable bonds is 8. The average Bonchev–Trinajstić information content (AvgIpc) is 2.72. The zero-order valence-corrected chi connectivity index (χ0v) is 16.5. The fourth-order valence-electron chi connectivity index (χ4n) is 2.98. The standard InChI is InChI=1S/C21H22F3N3O4/c22-21(23,24)17-7-4-8-18(27-17)30-10-9-25-20(29)26-16-11-15(12-16)19(28)31-13-14-5-2-1-3-6-14/h1-8,15-16H,9-13H2,(H2,25,26,29). The van der Waals surface area contributed by atoms with E-state index in [1.54, 1.807) is 0 Å². The number of pyridine rings is 1. The summed E-state index contributed by atoms with van der Waals surface area (Å²) in [7, 11) is 0. The van der Waals surface area contributed by atoms with Crippen LogP contribution in [0.3, 0.4) is 0 Å². The van der Waals surface area contributed by atoms with Crippen molar-refractivity contribution in [1.82, 2.24) is 15.6 Å². The molecule has 0 bridgehead atoms. The molecular formula is C21H22F3N3O4. The summed E-state index contributed by atoms with van der Waals surface area (Å²) >= 11 is 0. The third-order valence-corrected chi connectivity index (χ3v) is 4.68. The molecule has 1 aromatic carbocycles. The van der Waals surface area contributed by atoms with E-state index >= 15 is 0 Å². The summed E-state index contributed by atoms with van der Waals surface area (Å²) in [5, 5.41) is 5.27. The molecule has 2 aromatic rings. The van der Waals surface area contributed by atoms with Crippen LogP contribution < -0.4 is 15.4 Å². The molecule has 1 aliphatic rings. The predicted octanol–water partition coefficient (Wildman–Crippen LogP) is 3.30. The number of urea groups is 1. The minimum atomic E-state index is -4.55. The van der Waals surface area contributed by atoms with Crippen LogP contribution >= 0.6 is 0 Å². The maximum atomic E-state index is 12.6. The van der Waals surface area contributed by atoms with Crippen LogP contribution in [0.1, 0.15) is 24.1 Å². The van der Waals surface area contributed by atoms with Crippen LogP contribution in [0.2, 0.25) is 0 Å². The first-order valence-corrected chi connectivity index (χ1v) is 9.73. The molecule has 1 aromatic heterocycles. The van der Waals surface area contributed by atoms with E-state index in [9.17, 15) is 22.8 Å². The van der Waals surface area contributed by atoms with Crippen molar-refractivity contribution in [3.8, 4) is 5.88 Å². The van der Waals surface area contributed by atoms with Crippen LogP contribution in [-0.4, -0.2) is 36.2 Å². The van der Waals surface area contributed by atoms with Crippen LogP contribution in [0.15, 0.2) is 48.5 Å². The van der Waals surface area contributed by atoms with Crippen molar-refractivity contribution in [2.75, 3.05) is 13.2 Å². The van der Waals surface area contributed by atoms with E-state index in [1.165, 1.54) is 12.1 Å². The van der Waals surface area contributed by atoms with E-state index in [0.29, 0.717) is 12.8 Å². The van der Waals surface area contributed by atoms with Gasteiger partial charge in [0.15, 0.2) is 0 Å². The molecule has 2 amide bonds. The van der Waals surface area contributed by atoms with Crippen molar-refractivity contribution in [3.05, 3.63) is 59.8 Å². The van der Waals surface area contributed by atoms with Gasteiger partial charge in [0, 0.05) is 12.1 Å². The van der Waals surface area contributed by atoms with E-state index in [-0.39, 0.29) is 43.6 Å². The number of benzene rings is 1. The van der Waals surface area contributed by atoms with Crippen LogP contribution in [0, 0.1) is 5.92 Å². The highest BCUT2D eigenvalue weighted by Gasteiger charge is 2.36. The van der Waals surface area contributed by atoms with Gasteiger partial charge in [0.05, 0.1) is 12.5 Å². The van der Waals surface area contributed by atoms with Gasteiger partial charge < -0.3 is 20.1 Å². The van der Waals surface area contributed by atoms with E-state index < -0.39 is 17.9 Å². The Labute approximate surface area is 176 Å². The first-order chi connectivity index (χ1) is 14.8. The summed E-state index contributed by atoms with van der Waals surface area (Å²) in [5.41, 5.74) is -0.135. The number of alkyl halides is 3. The van der Waals surface area contributed by atoms with E-state index in [4.69, 9.17) is 9.47 Å². The van der Waals surface area contributed by atoms with Crippen molar-refractivity contribution in [3.63, 3.8) is 0 Å². The largest absolute Gasteiger partial charge is 0.476 e. The van der Waals surface area contributed by atoms with Gasteiger partial charge in [-0.1, -0.05) is 36.4 Å². The maximum absolute atomic E-state index is 12.6. The van der Waals surface area contributed by atoms with Gasteiger partial charge >= 0.3 is 18.2 Å². The molecule has 1 saturated carbocycles. The van der Waals surface area contributed by atoms with Gasteiger partial charge in [-0.3, -0.25) is 4.79 Å². The number of hydrogen-bond donors (Lipinski definition) is 2. The fraction of sp³-hybridized carbons (Fsp3) is 0.381.